The predicted molar refractivity (Wildman–Crippen MR) is 133 cm³/mol. The molecule has 188 valence electrons. The second-order valence-electron chi connectivity index (χ2n) is 10.2. The first-order valence-electron chi connectivity index (χ1n) is 12.8. The van der Waals surface area contributed by atoms with Gasteiger partial charge in [0.15, 0.2) is 9.84 Å². The number of rotatable bonds is 6. The fraction of sp³-hybridized carbons (Fsp3) is 0.577. The molecule has 9 heteroatoms. The van der Waals surface area contributed by atoms with Gasteiger partial charge in [-0.2, -0.15) is 0 Å². The maximum absolute atomic E-state index is 13.4. The summed E-state index contributed by atoms with van der Waals surface area (Å²) in [5.74, 6) is -1.15. The number of nitrogens with zero attached hydrogens (tertiary/aromatic N) is 2. The number of fused-ring (bicyclic) bond motifs is 1. The minimum Gasteiger partial charge on any atom is -0.370 e. The van der Waals surface area contributed by atoms with Crippen LogP contribution in [0.15, 0.2) is 29.8 Å². The molecule has 0 aromatic heterocycles. The molecule has 3 amide bonds. The van der Waals surface area contributed by atoms with Gasteiger partial charge in [0.2, 0.25) is 5.91 Å². The van der Waals surface area contributed by atoms with Gasteiger partial charge in [-0.15, -0.1) is 0 Å². The van der Waals surface area contributed by atoms with Crippen molar-refractivity contribution in [3.8, 4) is 0 Å². The second kappa shape index (κ2) is 9.76. The van der Waals surface area contributed by atoms with Crippen LogP contribution in [0, 0.1) is 5.92 Å². The highest BCUT2D eigenvalue weighted by atomic mass is 32.2. The topological polar surface area (TPSA) is 104 Å². The van der Waals surface area contributed by atoms with Gasteiger partial charge >= 0.3 is 0 Å². The second-order valence-corrected chi connectivity index (χ2v) is 12.4. The van der Waals surface area contributed by atoms with Crippen molar-refractivity contribution in [1.82, 2.24) is 10.2 Å². The summed E-state index contributed by atoms with van der Waals surface area (Å²) in [7, 11) is -3.23. The van der Waals surface area contributed by atoms with Crippen molar-refractivity contribution in [1.29, 1.82) is 0 Å². The highest BCUT2D eigenvalue weighted by Gasteiger charge is 2.46. The summed E-state index contributed by atoms with van der Waals surface area (Å²) in [6.45, 7) is 1.84. The Morgan fingerprint density at radius 3 is 2.69 bits per heavy atom. The Balaban J connectivity index is 1.27. The molecule has 2 saturated heterocycles. The Bertz CT molecular complexity index is 1180. The van der Waals surface area contributed by atoms with Gasteiger partial charge in [0.25, 0.3) is 11.8 Å². The number of imide groups is 1. The van der Waals surface area contributed by atoms with Crippen LogP contribution in [0.2, 0.25) is 0 Å². The van der Waals surface area contributed by atoms with Crippen LogP contribution in [-0.2, 0) is 14.6 Å². The lowest BCUT2D eigenvalue weighted by atomic mass is 9.94. The van der Waals surface area contributed by atoms with E-state index in [1.165, 1.54) is 18.4 Å². The summed E-state index contributed by atoms with van der Waals surface area (Å²) in [5, 5.41) is 3.10. The molecular formula is C26H33N3O5S. The standard InChI is InChI=1S/C26H33N3O5S/c30-24(27-13-11-18-6-2-1-3-7-18)19-8-5-14-28(16-19)22-10-4-9-21-23(22)26(32)29(25(21)31)20-12-15-35(33,34)17-20/h4,6,9-10,19-20H,1-3,5,7-8,11-17H2,(H,27,30). The van der Waals surface area contributed by atoms with E-state index in [9.17, 15) is 22.8 Å². The van der Waals surface area contributed by atoms with Crippen molar-refractivity contribution < 1.29 is 22.8 Å². The highest BCUT2D eigenvalue weighted by Crippen LogP contribution is 2.36. The third-order valence-corrected chi connectivity index (χ3v) is 9.51. The number of benzene rings is 1. The molecule has 1 N–H and O–H groups in total. The molecule has 35 heavy (non-hydrogen) atoms. The fourth-order valence-electron chi connectivity index (χ4n) is 5.89. The van der Waals surface area contributed by atoms with Gasteiger partial charge in [-0.25, -0.2) is 8.42 Å². The predicted octanol–water partition coefficient (Wildman–Crippen LogP) is 2.69. The van der Waals surface area contributed by atoms with Gasteiger partial charge in [0.05, 0.1) is 40.3 Å². The third-order valence-electron chi connectivity index (χ3n) is 7.76. The van der Waals surface area contributed by atoms with E-state index in [2.05, 4.69) is 11.4 Å². The van der Waals surface area contributed by atoms with Crippen LogP contribution in [0.25, 0.3) is 0 Å². The van der Waals surface area contributed by atoms with Gasteiger partial charge in [0.1, 0.15) is 0 Å². The molecule has 1 aromatic carbocycles. The average Bonchev–Trinajstić information content (AvgIpc) is 3.35. The van der Waals surface area contributed by atoms with Gasteiger partial charge < -0.3 is 10.2 Å². The lowest BCUT2D eigenvalue weighted by Crippen LogP contribution is -2.44. The highest BCUT2D eigenvalue weighted by molar-refractivity contribution is 7.91. The molecule has 2 unspecified atom stereocenters. The molecule has 3 heterocycles. The summed E-state index contributed by atoms with van der Waals surface area (Å²) < 4.78 is 23.9. The van der Waals surface area contributed by atoms with Crippen LogP contribution in [0.5, 0.6) is 0 Å². The van der Waals surface area contributed by atoms with E-state index in [0.29, 0.717) is 36.4 Å². The zero-order valence-corrected chi connectivity index (χ0v) is 20.8. The number of nitrogens with one attached hydrogen (secondary N) is 1. The van der Waals surface area contributed by atoms with E-state index in [1.54, 1.807) is 12.1 Å². The number of allylic oxidation sites excluding steroid dienone is 1. The Kier molecular flexibility index (Phi) is 6.70. The van der Waals surface area contributed by atoms with Gasteiger partial charge in [0, 0.05) is 19.6 Å². The molecule has 8 nitrogen and oxygen atoms in total. The molecular weight excluding hydrogens is 466 g/mol. The minimum absolute atomic E-state index is 0.00185. The smallest absolute Gasteiger partial charge is 0.263 e. The summed E-state index contributed by atoms with van der Waals surface area (Å²) in [5.41, 5.74) is 2.76. The quantitative estimate of drug-likeness (QED) is 0.477. The molecule has 0 bridgehead atoms. The monoisotopic (exact) mass is 499 g/mol. The van der Waals surface area contributed by atoms with Crippen molar-refractivity contribution in [2.24, 2.45) is 5.92 Å². The number of sulfone groups is 1. The lowest BCUT2D eigenvalue weighted by molar-refractivity contribution is -0.125. The number of anilines is 1. The fourth-order valence-corrected chi connectivity index (χ4v) is 7.59. The van der Waals surface area contributed by atoms with E-state index in [1.807, 2.05) is 11.0 Å². The van der Waals surface area contributed by atoms with Crippen LogP contribution in [0.4, 0.5) is 5.69 Å². The number of piperidine rings is 1. The van der Waals surface area contributed by atoms with Crippen LogP contribution < -0.4 is 10.2 Å². The molecule has 2 fully saturated rings. The van der Waals surface area contributed by atoms with Crippen molar-refractivity contribution in [3.63, 3.8) is 0 Å². The van der Waals surface area contributed by atoms with Crippen LogP contribution >= 0.6 is 0 Å². The zero-order chi connectivity index (χ0) is 24.6. The van der Waals surface area contributed by atoms with Crippen molar-refractivity contribution in [3.05, 3.63) is 41.0 Å². The maximum Gasteiger partial charge on any atom is 0.263 e. The SMILES string of the molecule is O=C(NCCC1=CCCCC1)C1CCCN(c2cccc3c2C(=O)N(C2CCS(=O)(=O)C2)C3=O)C1. The van der Waals surface area contributed by atoms with Crippen molar-refractivity contribution in [2.75, 3.05) is 36.0 Å². The van der Waals surface area contributed by atoms with Gasteiger partial charge in [-0.1, -0.05) is 17.7 Å². The number of carbonyl (C=O) groups excluding carboxylic acids is 3. The number of hydrogen-bond donors (Lipinski definition) is 1. The Morgan fingerprint density at radius 2 is 1.94 bits per heavy atom. The van der Waals surface area contributed by atoms with E-state index in [4.69, 9.17) is 0 Å². The molecule has 1 aromatic rings. The largest absolute Gasteiger partial charge is 0.370 e. The first kappa shape index (κ1) is 24.0. The molecule has 1 aliphatic carbocycles. The van der Waals surface area contributed by atoms with E-state index < -0.39 is 27.7 Å². The molecule has 0 spiro atoms. The van der Waals surface area contributed by atoms with E-state index >= 15 is 0 Å². The zero-order valence-electron chi connectivity index (χ0n) is 20.0. The van der Waals surface area contributed by atoms with E-state index in [0.717, 1.165) is 37.0 Å². The van der Waals surface area contributed by atoms with Crippen molar-refractivity contribution >= 4 is 33.2 Å². The first-order chi connectivity index (χ1) is 16.8. The van der Waals surface area contributed by atoms with Gasteiger partial charge in [-0.05, 0) is 63.5 Å². The Hall–Kier alpha value is -2.68. The van der Waals surface area contributed by atoms with Crippen LogP contribution in [-0.4, -0.2) is 68.2 Å². The molecule has 4 aliphatic rings. The molecule has 0 saturated carbocycles. The summed E-state index contributed by atoms with van der Waals surface area (Å²) >= 11 is 0. The average molecular weight is 500 g/mol. The lowest BCUT2D eigenvalue weighted by Gasteiger charge is -2.34. The third kappa shape index (κ3) is 4.87. The minimum atomic E-state index is -3.23. The number of carbonyl (C=O) groups is 3. The molecule has 2 atom stereocenters. The molecule has 3 aliphatic heterocycles. The Morgan fingerprint density at radius 1 is 1.09 bits per heavy atom. The Labute approximate surface area is 206 Å². The molecule has 5 rings (SSSR count). The first-order valence-corrected chi connectivity index (χ1v) is 14.6. The number of amides is 3. The van der Waals surface area contributed by atoms with Crippen LogP contribution in [0.3, 0.4) is 0 Å². The van der Waals surface area contributed by atoms with E-state index in [-0.39, 0.29) is 29.8 Å². The van der Waals surface area contributed by atoms with Gasteiger partial charge in [-0.3, -0.25) is 19.3 Å². The normalized spacial score (nSPS) is 26.0. The summed E-state index contributed by atoms with van der Waals surface area (Å²) in [4.78, 5) is 42.6. The van der Waals surface area contributed by atoms with Crippen LogP contribution in [0.1, 0.15) is 72.1 Å². The summed E-state index contributed by atoms with van der Waals surface area (Å²) in [6.07, 6.45) is 9.84. The number of hydrogen-bond acceptors (Lipinski definition) is 6. The molecule has 0 radical (unpaired) electrons. The van der Waals surface area contributed by atoms with Crippen molar-refractivity contribution in [2.45, 2.75) is 57.4 Å². The summed E-state index contributed by atoms with van der Waals surface area (Å²) in [6, 6.07) is 4.61. The maximum atomic E-state index is 13.4.